The normalized spacial score (nSPS) is 13.0. The van der Waals surface area contributed by atoms with E-state index in [1.165, 1.54) is 244 Å². The van der Waals surface area contributed by atoms with E-state index in [1.807, 2.05) is 0 Å². The fourth-order valence-corrected chi connectivity index (χ4v) is 9.93. The van der Waals surface area contributed by atoms with E-state index in [9.17, 15) is 19.0 Å². The van der Waals surface area contributed by atoms with Crippen LogP contribution in [0.4, 0.5) is 0 Å². The van der Waals surface area contributed by atoms with Crippen molar-refractivity contribution < 1.29 is 37.6 Å². The van der Waals surface area contributed by atoms with Gasteiger partial charge in [-0.05, 0) is 38.5 Å². The molecular weight excluding hydrogens is 882 g/mol. The van der Waals surface area contributed by atoms with Crippen LogP contribution in [-0.2, 0) is 32.7 Å². The van der Waals surface area contributed by atoms with Gasteiger partial charge in [-0.1, -0.05) is 283 Å². The molecule has 0 saturated carbocycles. The maximum absolute atomic E-state index is 12.7. The third kappa shape index (κ3) is 55.9. The molecule has 0 aliphatic rings. The molecule has 0 rings (SSSR count). The molecule has 0 amide bonds. The zero-order valence-corrected chi connectivity index (χ0v) is 46.7. The number of phosphoric ester groups is 1. The van der Waals surface area contributed by atoms with Gasteiger partial charge < -0.3 is 20.1 Å². The second-order valence-electron chi connectivity index (χ2n) is 20.6. The van der Waals surface area contributed by atoms with Gasteiger partial charge in [0.1, 0.15) is 6.61 Å². The Balaban J connectivity index is 3.83. The number of carbonyl (C=O) groups excluding carboxylic acids is 2. The molecule has 0 aromatic rings. The van der Waals surface area contributed by atoms with E-state index in [-0.39, 0.29) is 38.6 Å². The number of hydrogen-bond acceptors (Lipinski definition) is 8. The largest absolute Gasteiger partial charge is 0.472 e. The predicted molar refractivity (Wildman–Crippen MR) is 294 cm³/mol. The van der Waals surface area contributed by atoms with Crippen molar-refractivity contribution in [2.24, 2.45) is 5.73 Å². The Morgan fingerprint density at radius 3 is 1.03 bits per heavy atom. The predicted octanol–water partition coefficient (Wildman–Crippen LogP) is 18.9. The summed E-state index contributed by atoms with van der Waals surface area (Å²) < 4.78 is 33.0. The van der Waals surface area contributed by atoms with Crippen molar-refractivity contribution in [2.75, 3.05) is 26.4 Å². The van der Waals surface area contributed by atoms with Gasteiger partial charge in [0, 0.05) is 19.4 Å². The monoisotopic (exact) mass is 998 g/mol. The highest BCUT2D eigenvalue weighted by Crippen LogP contribution is 2.43. The molecule has 9 nitrogen and oxygen atoms in total. The van der Waals surface area contributed by atoms with Gasteiger partial charge in [0.2, 0.25) is 0 Å². The summed E-state index contributed by atoms with van der Waals surface area (Å²) in [5.41, 5.74) is 5.38. The van der Waals surface area contributed by atoms with Gasteiger partial charge in [-0.15, -0.1) is 0 Å². The van der Waals surface area contributed by atoms with Crippen LogP contribution >= 0.6 is 7.82 Å². The smallest absolute Gasteiger partial charge is 0.462 e. The average Bonchev–Trinajstić information content (AvgIpc) is 3.34. The zero-order chi connectivity index (χ0) is 50.2. The van der Waals surface area contributed by atoms with Crippen molar-refractivity contribution in [3.63, 3.8) is 0 Å². The van der Waals surface area contributed by atoms with Crippen LogP contribution in [0.15, 0.2) is 12.2 Å². The van der Waals surface area contributed by atoms with Crippen molar-refractivity contribution in [1.29, 1.82) is 0 Å². The van der Waals surface area contributed by atoms with Crippen LogP contribution in [0.2, 0.25) is 0 Å². The second kappa shape index (κ2) is 56.1. The number of hydrogen-bond donors (Lipinski definition) is 2. The second-order valence-corrected chi connectivity index (χ2v) is 22.0. The standard InChI is InChI=1S/C59H116NO8P/c1-3-5-7-9-11-13-15-17-19-21-22-23-24-25-26-27-28-29-30-31-32-33-34-36-37-39-41-43-45-47-49-51-58(61)65-55-57(56-67-69(63,64)66-54-53-60)68-59(62)52-50-48-46-44-42-40-38-35-20-18-16-14-12-10-8-6-4-2/h18,20,57H,3-17,19,21-56,60H2,1-2H3,(H,63,64)/b20-18-. The number of allylic oxidation sites excluding steroid dienone is 2. The first kappa shape index (κ1) is 67.8. The molecule has 410 valence electrons. The highest BCUT2D eigenvalue weighted by molar-refractivity contribution is 7.47. The topological polar surface area (TPSA) is 134 Å². The van der Waals surface area contributed by atoms with Gasteiger partial charge in [-0.2, -0.15) is 0 Å². The fraction of sp³-hybridized carbons (Fsp3) is 0.932. The van der Waals surface area contributed by atoms with E-state index in [2.05, 4.69) is 26.0 Å². The Morgan fingerprint density at radius 2 is 0.710 bits per heavy atom. The zero-order valence-electron chi connectivity index (χ0n) is 45.8. The molecule has 0 fully saturated rings. The third-order valence-corrected chi connectivity index (χ3v) is 14.6. The molecule has 0 bridgehead atoms. The number of carbonyl (C=O) groups is 2. The summed E-state index contributed by atoms with van der Waals surface area (Å²) in [6.07, 6.45) is 64.3. The molecule has 0 spiro atoms. The van der Waals surface area contributed by atoms with E-state index < -0.39 is 26.5 Å². The van der Waals surface area contributed by atoms with Crippen LogP contribution in [0.5, 0.6) is 0 Å². The van der Waals surface area contributed by atoms with Gasteiger partial charge in [0.15, 0.2) is 6.10 Å². The first-order valence-electron chi connectivity index (χ1n) is 30.2. The maximum Gasteiger partial charge on any atom is 0.472 e. The summed E-state index contributed by atoms with van der Waals surface area (Å²) in [7, 11) is -4.38. The summed E-state index contributed by atoms with van der Waals surface area (Å²) in [4.78, 5) is 35.1. The molecule has 0 aliphatic carbocycles. The summed E-state index contributed by atoms with van der Waals surface area (Å²) in [6, 6.07) is 0. The Morgan fingerprint density at radius 1 is 0.420 bits per heavy atom. The molecule has 0 aromatic heterocycles. The Hall–Kier alpha value is -1.25. The van der Waals surface area contributed by atoms with Crippen molar-refractivity contribution in [3.8, 4) is 0 Å². The highest BCUT2D eigenvalue weighted by Gasteiger charge is 2.26. The van der Waals surface area contributed by atoms with Crippen molar-refractivity contribution in [3.05, 3.63) is 12.2 Å². The summed E-state index contributed by atoms with van der Waals surface area (Å²) in [5, 5.41) is 0. The lowest BCUT2D eigenvalue weighted by Crippen LogP contribution is -2.29. The minimum atomic E-state index is -4.38. The molecule has 69 heavy (non-hydrogen) atoms. The first-order chi connectivity index (χ1) is 33.8. The van der Waals surface area contributed by atoms with E-state index >= 15 is 0 Å². The number of unbranched alkanes of at least 4 members (excludes halogenated alkanes) is 43. The summed E-state index contributed by atoms with van der Waals surface area (Å²) in [5.74, 6) is -0.813. The van der Waals surface area contributed by atoms with Gasteiger partial charge in [0.25, 0.3) is 0 Å². The molecule has 0 heterocycles. The van der Waals surface area contributed by atoms with Gasteiger partial charge in [-0.25, -0.2) is 4.57 Å². The van der Waals surface area contributed by atoms with Crippen molar-refractivity contribution in [1.82, 2.24) is 0 Å². The first-order valence-corrected chi connectivity index (χ1v) is 31.7. The van der Waals surface area contributed by atoms with E-state index in [1.54, 1.807) is 0 Å². The van der Waals surface area contributed by atoms with Crippen LogP contribution in [0.25, 0.3) is 0 Å². The lowest BCUT2D eigenvalue weighted by atomic mass is 10.0. The van der Waals surface area contributed by atoms with E-state index in [0.717, 1.165) is 44.9 Å². The van der Waals surface area contributed by atoms with Crippen LogP contribution in [-0.4, -0.2) is 49.3 Å². The van der Waals surface area contributed by atoms with Crippen LogP contribution < -0.4 is 5.73 Å². The van der Waals surface area contributed by atoms with Crippen LogP contribution in [0, 0.1) is 0 Å². The van der Waals surface area contributed by atoms with Crippen molar-refractivity contribution >= 4 is 19.8 Å². The van der Waals surface area contributed by atoms with E-state index in [4.69, 9.17) is 24.3 Å². The molecule has 0 aromatic carbocycles. The minimum Gasteiger partial charge on any atom is -0.462 e. The number of phosphoric acid groups is 1. The van der Waals surface area contributed by atoms with Crippen LogP contribution in [0.1, 0.15) is 322 Å². The molecular formula is C59H116NO8P. The molecule has 10 heteroatoms. The van der Waals surface area contributed by atoms with Crippen molar-refractivity contribution in [2.45, 2.75) is 328 Å². The minimum absolute atomic E-state index is 0.0559. The summed E-state index contributed by atoms with van der Waals surface area (Å²) in [6.45, 7) is 3.80. The van der Waals surface area contributed by atoms with Crippen LogP contribution in [0.3, 0.4) is 0 Å². The number of rotatable bonds is 58. The lowest BCUT2D eigenvalue weighted by Gasteiger charge is -2.19. The number of nitrogens with two attached hydrogens (primary N) is 1. The Bertz CT molecular complexity index is 1140. The number of ether oxygens (including phenoxy) is 2. The highest BCUT2D eigenvalue weighted by atomic mass is 31.2. The molecule has 0 saturated heterocycles. The number of esters is 2. The average molecular weight is 999 g/mol. The fourth-order valence-electron chi connectivity index (χ4n) is 9.16. The van der Waals surface area contributed by atoms with Gasteiger partial charge >= 0.3 is 19.8 Å². The van der Waals surface area contributed by atoms with Gasteiger partial charge in [0.05, 0.1) is 13.2 Å². The summed E-state index contributed by atoms with van der Waals surface area (Å²) >= 11 is 0. The maximum atomic E-state index is 12.7. The van der Waals surface area contributed by atoms with Gasteiger partial charge in [-0.3, -0.25) is 18.6 Å². The lowest BCUT2D eigenvalue weighted by molar-refractivity contribution is -0.161. The molecule has 0 aliphatic heterocycles. The molecule has 0 radical (unpaired) electrons. The SMILES string of the molecule is CCCCCCCC/C=C\CCCCCCCCCC(=O)OC(COC(=O)CCCCCCCCCCCCCCCCCCCCCCCCCCCCCCCCC)COP(=O)(O)OCCN. The molecule has 3 N–H and O–H groups in total. The molecule has 2 unspecified atom stereocenters. The van der Waals surface area contributed by atoms with E-state index in [0.29, 0.717) is 6.42 Å². The molecule has 2 atom stereocenters. The third-order valence-electron chi connectivity index (χ3n) is 13.7. The quantitative estimate of drug-likeness (QED) is 0.0264. The Kier molecular flexibility index (Phi) is 55.0. The Labute approximate surface area is 428 Å².